The summed E-state index contributed by atoms with van der Waals surface area (Å²) in [4.78, 5) is 13.7. The molecule has 1 aliphatic rings. The van der Waals surface area contributed by atoms with Crippen LogP contribution < -0.4 is 9.62 Å². The summed E-state index contributed by atoms with van der Waals surface area (Å²) in [6, 6.07) is 14.0. The van der Waals surface area contributed by atoms with Gasteiger partial charge in [-0.15, -0.1) is 0 Å². The summed E-state index contributed by atoms with van der Waals surface area (Å²) in [7, 11) is -3.61. The van der Waals surface area contributed by atoms with Crippen LogP contribution in [0.25, 0.3) is 0 Å². The maximum atomic E-state index is 12.9. The van der Waals surface area contributed by atoms with Crippen molar-refractivity contribution >= 4 is 21.6 Å². The molecular formula is C17H17FN2O3S. The van der Waals surface area contributed by atoms with Gasteiger partial charge in [-0.25, -0.2) is 17.5 Å². The van der Waals surface area contributed by atoms with Crippen LogP contribution >= 0.6 is 0 Å². The second-order valence-electron chi connectivity index (χ2n) is 5.74. The maximum Gasteiger partial charge on any atom is 0.228 e. The lowest BCUT2D eigenvalue weighted by Gasteiger charge is -2.17. The molecule has 2 aromatic rings. The van der Waals surface area contributed by atoms with Crippen molar-refractivity contribution in [3.05, 3.63) is 66.0 Å². The third-order valence-electron chi connectivity index (χ3n) is 3.81. The quantitative estimate of drug-likeness (QED) is 0.899. The van der Waals surface area contributed by atoms with Crippen molar-refractivity contribution in [2.45, 2.75) is 18.2 Å². The van der Waals surface area contributed by atoms with Crippen molar-refractivity contribution in [2.75, 3.05) is 11.4 Å². The number of carbonyl (C=O) groups excluding carboxylic acids is 1. The molecule has 24 heavy (non-hydrogen) atoms. The fourth-order valence-electron chi connectivity index (χ4n) is 2.74. The zero-order valence-corrected chi connectivity index (χ0v) is 13.7. The molecule has 1 atom stereocenters. The second-order valence-corrected chi connectivity index (χ2v) is 7.50. The number of halogens is 1. The first-order valence-electron chi connectivity index (χ1n) is 7.53. The largest absolute Gasteiger partial charge is 0.311 e. The lowest BCUT2D eigenvalue weighted by molar-refractivity contribution is -0.117. The number of nitrogens with zero attached hydrogens (tertiary/aromatic N) is 1. The Balaban J connectivity index is 1.65. The molecule has 1 unspecified atom stereocenters. The lowest BCUT2D eigenvalue weighted by Crippen LogP contribution is -2.37. The molecule has 1 saturated heterocycles. The van der Waals surface area contributed by atoms with Crippen molar-refractivity contribution in [1.82, 2.24) is 4.72 Å². The van der Waals surface area contributed by atoms with Crippen LogP contribution in [-0.4, -0.2) is 26.9 Å². The van der Waals surface area contributed by atoms with Crippen LogP contribution in [0.5, 0.6) is 0 Å². The van der Waals surface area contributed by atoms with Crippen LogP contribution in [0.15, 0.2) is 54.6 Å². The molecule has 126 valence electrons. The van der Waals surface area contributed by atoms with Crippen LogP contribution in [0.4, 0.5) is 10.1 Å². The molecule has 3 rings (SSSR count). The number of amides is 1. The van der Waals surface area contributed by atoms with E-state index in [1.807, 2.05) is 30.3 Å². The molecule has 7 heteroatoms. The molecule has 2 aromatic carbocycles. The molecule has 1 amide bonds. The first-order valence-corrected chi connectivity index (χ1v) is 9.18. The Morgan fingerprint density at radius 1 is 1.08 bits per heavy atom. The van der Waals surface area contributed by atoms with Gasteiger partial charge in [-0.1, -0.05) is 30.3 Å². The normalized spacial score (nSPS) is 18.1. The van der Waals surface area contributed by atoms with Crippen molar-refractivity contribution in [3.8, 4) is 0 Å². The van der Waals surface area contributed by atoms with E-state index in [0.29, 0.717) is 12.1 Å². The summed E-state index contributed by atoms with van der Waals surface area (Å²) in [6.07, 6.45) is 0.123. The molecule has 1 aliphatic heterocycles. The summed E-state index contributed by atoms with van der Waals surface area (Å²) < 4.78 is 40.0. The van der Waals surface area contributed by atoms with Crippen molar-refractivity contribution in [1.29, 1.82) is 0 Å². The van der Waals surface area contributed by atoms with E-state index in [1.54, 1.807) is 4.90 Å². The first kappa shape index (κ1) is 16.6. The van der Waals surface area contributed by atoms with Crippen molar-refractivity contribution in [2.24, 2.45) is 0 Å². The van der Waals surface area contributed by atoms with E-state index in [9.17, 15) is 17.6 Å². The summed E-state index contributed by atoms with van der Waals surface area (Å²) in [5.41, 5.74) is 1.25. The van der Waals surface area contributed by atoms with Crippen LogP contribution in [-0.2, 0) is 20.6 Å². The Morgan fingerprint density at radius 3 is 2.42 bits per heavy atom. The van der Waals surface area contributed by atoms with Crippen molar-refractivity contribution in [3.63, 3.8) is 0 Å². The van der Waals surface area contributed by atoms with Gasteiger partial charge < -0.3 is 4.90 Å². The van der Waals surface area contributed by atoms with Crippen LogP contribution in [0, 0.1) is 5.82 Å². The molecular weight excluding hydrogens is 331 g/mol. The highest BCUT2D eigenvalue weighted by Gasteiger charge is 2.33. The van der Waals surface area contributed by atoms with Gasteiger partial charge in [-0.3, -0.25) is 4.79 Å². The Hall–Kier alpha value is -2.25. The lowest BCUT2D eigenvalue weighted by atomic mass is 10.2. The molecule has 0 bridgehead atoms. The number of hydrogen-bond donors (Lipinski definition) is 1. The van der Waals surface area contributed by atoms with Crippen LogP contribution in [0.1, 0.15) is 12.0 Å². The molecule has 5 nitrogen and oxygen atoms in total. The SMILES string of the molecule is O=C1CC(NS(=O)(=O)Cc2ccc(F)cc2)CN1c1ccccc1. The highest BCUT2D eigenvalue weighted by atomic mass is 32.2. The Labute approximate surface area is 140 Å². The maximum absolute atomic E-state index is 12.9. The second kappa shape index (κ2) is 6.70. The molecule has 0 radical (unpaired) electrons. The number of rotatable bonds is 5. The molecule has 1 heterocycles. The minimum atomic E-state index is -3.61. The monoisotopic (exact) mass is 348 g/mol. The third-order valence-corrected chi connectivity index (χ3v) is 5.21. The van der Waals surface area contributed by atoms with Crippen molar-refractivity contribution < 1.29 is 17.6 Å². The molecule has 1 N–H and O–H groups in total. The van der Waals surface area contributed by atoms with E-state index in [-0.39, 0.29) is 18.1 Å². The Kier molecular flexibility index (Phi) is 4.64. The number of para-hydroxylation sites is 1. The van der Waals surface area contributed by atoms with Gasteiger partial charge >= 0.3 is 0 Å². The van der Waals surface area contributed by atoms with E-state index in [4.69, 9.17) is 0 Å². The highest BCUT2D eigenvalue weighted by Crippen LogP contribution is 2.21. The fraction of sp³-hybridized carbons (Fsp3) is 0.235. The van der Waals surface area contributed by atoms with E-state index in [0.717, 1.165) is 5.69 Å². The smallest absolute Gasteiger partial charge is 0.228 e. The molecule has 0 aliphatic carbocycles. The summed E-state index contributed by atoms with van der Waals surface area (Å²) in [5, 5.41) is 0. The first-order chi connectivity index (χ1) is 11.4. The zero-order chi connectivity index (χ0) is 17.2. The topological polar surface area (TPSA) is 66.5 Å². The highest BCUT2D eigenvalue weighted by molar-refractivity contribution is 7.88. The van der Waals surface area contributed by atoms with E-state index in [2.05, 4.69) is 4.72 Å². The van der Waals surface area contributed by atoms with E-state index < -0.39 is 21.9 Å². The van der Waals surface area contributed by atoms with Gasteiger partial charge in [-0.2, -0.15) is 0 Å². The van der Waals surface area contributed by atoms with Gasteiger partial charge in [-0.05, 0) is 29.8 Å². The molecule has 0 saturated carbocycles. The number of nitrogens with one attached hydrogen (secondary N) is 1. The van der Waals surface area contributed by atoms with Gasteiger partial charge in [0.1, 0.15) is 5.82 Å². The average molecular weight is 348 g/mol. The standard InChI is InChI=1S/C17H17FN2O3S/c18-14-8-6-13(7-9-14)12-24(22,23)19-15-10-17(21)20(11-15)16-4-2-1-3-5-16/h1-9,15,19H,10-12H2. The predicted octanol–water partition coefficient (Wildman–Crippen LogP) is 2.05. The molecule has 0 spiro atoms. The van der Waals surface area contributed by atoms with Gasteiger partial charge in [0.05, 0.1) is 5.75 Å². The zero-order valence-electron chi connectivity index (χ0n) is 12.9. The van der Waals surface area contributed by atoms with E-state index >= 15 is 0 Å². The van der Waals surface area contributed by atoms with Crippen LogP contribution in [0.3, 0.4) is 0 Å². The number of carbonyl (C=O) groups is 1. The van der Waals surface area contributed by atoms with E-state index in [1.165, 1.54) is 24.3 Å². The van der Waals surface area contributed by atoms with Crippen LogP contribution in [0.2, 0.25) is 0 Å². The Bertz CT molecular complexity index is 823. The Morgan fingerprint density at radius 2 is 1.75 bits per heavy atom. The minimum Gasteiger partial charge on any atom is -0.311 e. The number of anilines is 1. The molecule has 0 aromatic heterocycles. The predicted molar refractivity (Wildman–Crippen MR) is 89.4 cm³/mol. The third kappa shape index (κ3) is 3.98. The fourth-order valence-corrected chi connectivity index (χ4v) is 4.12. The van der Waals surface area contributed by atoms with Gasteiger partial charge in [0.2, 0.25) is 15.9 Å². The number of sulfonamides is 1. The van der Waals surface area contributed by atoms with Gasteiger partial charge in [0, 0.05) is 24.7 Å². The summed E-state index contributed by atoms with van der Waals surface area (Å²) in [5.74, 6) is -0.775. The summed E-state index contributed by atoms with van der Waals surface area (Å²) in [6.45, 7) is 0.297. The van der Waals surface area contributed by atoms with Gasteiger partial charge in [0.15, 0.2) is 0 Å². The molecule has 1 fully saturated rings. The number of hydrogen-bond acceptors (Lipinski definition) is 3. The average Bonchev–Trinajstić information content (AvgIpc) is 2.90. The number of benzene rings is 2. The minimum absolute atomic E-state index is 0.115. The summed E-state index contributed by atoms with van der Waals surface area (Å²) >= 11 is 0. The van der Waals surface area contributed by atoms with Gasteiger partial charge in [0.25, 0.3) is 0 Å².